The Bertz CT molecular complexity index is 1070. The second-order valence-corrected chi connectivity index (χ2v) is 10.8. The predicted octanol–water partition coefficient (Wildman–Crippen LogP) is 4.10. The first-order valence-electron chi connectivity index (χ1n) is 11.3. The molecule has 0 spiro atoms. The van der Waals surface area contributed by atoms with E-state index in [1.165, 1.54) is 35.5 Å². The first kappa shape index (κ1) is 24.9. The Balaban J connectivity index is 1.61. The summed E-state index contributed by atoms with van der Waals surface area (Å²) in [4.78, 5) is 25.0. The van der Waals surface area contributed by atoms with Crippen LogP contribution in [0.25, 0.3) is 0 Å². The number of nitrogens with one attached hydrogen (secondary N) is 1. The maximum Gasteiger partial charge on any atom is 0.338 e. The minimum absolute atomic E-state index is 0.140. The molecule has 1 aliphatic heterocycles. The van der Waals surface area contributed by atoms with E-state index in [2.05, 4.69) is 19.2 Å². The van der Waals surface area contributed by atoms with Crippen LogP contribution in [-0.4, -0.2) is 43.8 Å². The lowest BCUT2D eigenvalue weighted by Gasteiger charge is -2.34. The number of hydrogen-bond acceptors (Lipinski definition) is 5. The van der Waals surface area contributed by atoms with Crippen molar-refractivity contribution in [1.29, 1.82) is 0 Å². The van der Waals surface area contributed by atoms with Crippen LogP contribution in [0, 0.1) is 11.8 Å². The van der Waals surface area contributed by atoms with Crippen LogP contribution in [0.3, 0.4) is 0 Å². The average molecular weight is 473 g/mol. The summed E-state index contributed by atoms with van der Waals surface area (Å²) in [6, 6.07) is 13.1. The predicted molar refractivity (Wildman–Crippen MR) is 127 cm³/mol. The van der Waals surface area contributed by atoms with E-state index >= 15 is 0 Å². The third kappa shape index (κ3) is 6.21. The molecule has 0 radical (unpaired) electrons. The Hall–Kier alpha value is -2.71. The van der Waals surface area contributed by atoms with Gasteiger partial charge in [0, 0.05) is 18.8 Å². The summed E-state index contributed by atoms with van der Waals surface area (Å²) in [6.07, 6.45) is 0.897. The number of hydrogen-bond donors (Lipinski definition) is 1. The van der Waals surface area contributed by atoms with Gasteiger partial charge in [-0.3, -0.25) is 4.79 Å². The molecule has 7 nitrogen and oxygen atoms in total. The number of anilines is 1. The van der Waals surface area contributed by atoms with Crippen LogP contribution in [0.5, 0.6) is 0 Å². The van der Waals surface area contributed by atoms with Gasteiger partial charge >= 0.3 is 5.97 Å². The molecule has 0 unspecified atom stereocenters. The van der Waals surface area contributed by atoms with Crippen molar-refractivity contribution in [3.8, 4) is 0 Å². The molecule has 1 heterocycles. The van der Waals surface area contributed by atoms with Gasteiger partial charge in [0.05, 0.1) is 10.5 Å². The lowest BCUT2D eigenvalue weighted by molar-refractivity contribution is -0.123. The number of ether oxygens (including phenoxy) is 1. The highest BCUT2D eigenvalue weighted by molar-refractivity contribution is 7.89. The molecule has 0 aromatic heterocycles. The Morgan fingerprint density at radius 3 is 2.15 bits per heavy atom. The molecule has 0 aliphatic carbocycles. The van der Waals surface area contributed by atoms with E-state index in [1.807, 2.05) is 19.1 Å². The Morgan fingerprint density at radius 1 is 1.03 bits per heavy atom. The van der Waals surface area contributed by atoms with Crippen molar-refractivity contribution in [3.05, 3.63) is 59.7 Å². The molecule has 8 heteroatoms. The molecule has 2 aromatic rings. The molecule has 33 heavy (non-hydrogen) atoms. The minimum atomic E-state index is -3.63. The third-order valence-electron chi connectivity index (χ3n) is 5.85. The summed E-state index contributed by atoms with van der Waals surface area (Å²) in [6.45, 7) is 8.62. The number of carbonyl (C=O) groups is 2. The van der Waals surface area contributed by atoms with E-state index in [4.69, 9.17) is 4.74 Å². The number of benzene rings is 2. The number of rotatable bonds is 7. The van der Waals surface area contributed by atoms with Gasteiger partial charge in [-0.15, -0.1) is 0 Å². The maximum atomic E-state index is 13.0. The third-order valence-corrected chi connectivity index (χ3v) is 7.69. The lowest BCUT2D eigenvalue weighted by Crippen LogP contribution is -2.42. The number of carbonyl (C=O) groups excluding carboxylic acids is 2. The van der Waals surface area contributed by atoms with Crippen molar-refractivity contribution in [3.63, 3.8) is 0 Å². The molecule has 1 N–H and O–H groups in total. The SMILES string of the molecule is CCc1ccc(NC(=O)[C@@H](C)OC(=O)c2ccc(S(=O)(=O)N3C[C@H](C)C[C@@H](C)C3)cc2)cc1. The Morgan fingerprint density at radius 2 is 1.61 bits per heavy atom. The van der Waals surface area contributed by atoms with Crippen molar-refractivity contribution < 1.29 is 22.7 Å². The molecule has 3 atom stereocenters. The molecule has 3 rings (SSSR count). The van der Waals surface area contributed by atoms with Crippen LogP contribution in [0.1, 0.15) is 50.0 Å². The number of piperidine rings is 1. The van der Waals surface area contributed by atoms with Crippen molar-refractivity contribution in [2.24, 2.45) is 11.8 Å². The monoisotopic (exact) mass is 472 g/mol. The molecule has 1 amide bonds. The van der Waals surface area contributed by atoms with Crippen LogP contribution in [0.15, 0.2) is 53.4 Å². The molecule has 2 aromatic carbocycles. The van der Waals surface area contributed by atoms with Crippen LogP contribution < -0.4 is 5.32 Å². The fraction of sp³-hybridized carbons (Fsp3) is 0.440. The smallest absolute Gasteiger partial charge is 0.338 e. The Kier molecular flexibility index (Phi) is 7.92. The van der Waals surface area contributed by atoms with Gasteiger partial charge in [0.2, 0.25) is 10.0 Å². The molecular weight excluding hydrogens is 440 g/mol. The van der Waals surface area contributed by atoms with Crippen molar-refractivity contribution in [2.75, 3.05) is 18.4 Å². The highest BCUT2D eigenvalue weighted by Gasteiger charge is 2.31. The summed E-state index contributed by atoms with van der Waals surface area (Å²) < 4.78 is 32.8. The summed E-state index contributed by atoms with van der Waals surface area (Å²) in [5.74, 6) is -0.534. The van der Waals surface area contributed by atoms with Gasteiger partial charge in [0.15, 0.2) is 6.10 Å². The zero-order chi connectivity index (χ0) is 24.2. The number of esters is 1. The van der Waals surface area contributed by atoms with Crippen molar-refractivity contribution >= 4 is 27.6 Å². The highest BCUT2D eigenvalue weighted by atomic mass is 32.2. The van der Waals surface area contributed by atoms with Crippen LogP contribution in [0.4, 0.5) is 5.69 Å². The number of sulfonamides is 1. The summed E-state index contributed by atoms with van der Waals surface area (Å²) in [7, 11) is -3.63. The van der Waals surface area contributed by atoms with Crippen LogP contribution in [0.2, 0.25) is 0 Å². The topological polar surface area (TPSA) is 92.8 Å². The zero-order valence-corrected chi connectivity index (χ0v) is 20.4. The summed E-state index contributed by atoms with van der Waals surface area (Å²) in [5, 5.41) is 2.72. The molecule has 1 aliphatic rings. The van der Waals surface area contributed by atoms with E-state index in [9.17, 15) is 18.0 Å². The van der Waals surface area contributed by atoms with E-state index in [0.29, 0.717) is 30.6 Å². The van der Waals surface area contributed by atoms with E-state index in [1.54, 1.807) is 12.1 Å². The maximum absolute atomic E-state index is 13.0. The van der Waals surface area contributed by atoms with Gasteiger partial charge in [-0.2, -0.15) is 4.31 Å². The first-order chi connectivity index (χ1) is 15.6. The van der Waals surface area contributed by atoms with Crippen LogP contribution in [-0.2, 0) is 26.0 Å². The minimum Gasteiger partial charge on any atom is -0.449 e. The van der Waals surface area contributed by atoms with Gasteiger partial charge < -0.3 is 10.1 Å². The zero-order valence-electron chi connectivity index (χ0n) is 19.6. The standard InChI is InChI=1S/C25H32N2O5S/c1-5-20-6-10-22(11-7-20)26-24(28)19(4)32-25(29)21-8-12-23(13-9-21)33(30,31)27-15-17(2)14-18(3)16-27/h6-13,17-19H,5,14-16H2,1-4H3,(H,26,28)/t17-,18-,19-/m1/s1. The molecule has 0 bridgehead atoms. The largest absolute Gasteiger partial charge is 0.449 e. The van der Waals surface area contributed by atoms with Gasteiger partial charge in [0.25, 0.3) is 5.91 Å². The second-order valence-electron chi connectivity index (χ2n) is 8.88. The normalized spacial score (nSPS) is 20.1. The fourth-order valence-corrected chi connectivity index (χ4v) is 5.74. The van der Waals surface area contributed by atoms with Gasteiger partial charge in [-0.25, -0.2) is 13.2 Å². The number of amides is 1. The molecule has 178 valence electrons. The van der Waals surface area contributed by atoms with Crippen molar-refractivity contribution in [2.45, 2.75) is 51.5 Å². The first-order valence-corrected chi connectivity index (χ1v) is 12.7. The lowest BCUT2D eigenvalue weighted by atomic mass is 9.94. The van der Waals surface area contributed by atoms with E-state index in [-0.39, 0.29) is 10.5 Å². The second kappa shape index (κ2) is 10.5. The van der Waals surface area contributed by atoms with Gasteiger partial charge in [0.1, 0.15) is 0 Å². The number of nitrogens with zero attached hydrogens (tertiary/aromatic N) is 1. The van der Waals surface area contributed by atoms with Crippen molar-refractivity contribution in [1.82, 2.24) is 4.31 Å². The summed E-state index contributed by atoms with van der Waals surface area (Å²) in [5.41, 5.74) is 1.96. The van der Waals surface area contributed by atoms with Gasteiger partial charge in [-0.1, -0.05) is 32.9 Å². The van der Waals surface area contributed by atoms with E-state index in [0.717, 1.165) is 18.4 Å². The summed E-state index contributed by atoms with van der Waals surface area (Å²) >= 11 is 0. The highest BCUT2D eigenvalue weighted by Crippen LogP contribution is 2.27. The molecular formula is C25H32N2O5S. The Labute approximate surface area is 196 Å². The fourth-order valence-electron chi connectivity index (χ4n) is 4.06. The quantitative estimate of drug-likeness (QED) is 0.613. The van der Waals surface area contributed by atoms with Gasteiger partial charge in [-0.05, 0) is 73.6 Å². The molecule has 0 saturated carbocycles. The van der Waals surface area contributed by atoms with Crippen LogP contribution >= 0.6 is 0 Å². The molecule has 1 fully saturated rings. The average Bonchev–Trinajstić information content (AvgIpc) is 2.79. The van der Waals surface area contributed by atoms with E-state index < -0.39 is 28.0 Å². The molecule has 1 saturated heterocycles. The number of aryl methyl sites for hydroxylation is 1.